The van der Waals surface area contributed by atoms with Crippen LogP contribution in [0.5, 0.6) is 5.75 Å². The molecule has 0 saturated heterocycles. The summed E-state index contributed by atoms with van der Waals surface area (Å²) in [4.78, 5) is 28.3. The molecule has 0 spiro atoms. The van der Waals surface area contributed by atoms with Crippen LogP contribution in [-0.2, 0) is 26.2 Å². The molecule has 0 aliphatic carbocycles. The second-order valence-electron chi connectivity index (χ2n) is 10.4. The van der Waals surface area contributed by atoms with E-state index in [1.807, 2.05) is 58.9 Å². The van der Waals surface area contributed by atoms with Gasteiger partial charge in [0.15, 0.2) is 0 Å². The summed E-state index contributed by atoms with van der Waals surface area (Å²) in [6.45, 7) is 9.67. The smallest absolute Gasteiger partial charge is 0.243 e. The van der Waals surface area contributed by atoms with Crippen molar-refractivity contribution in [3.8, 4) is 5.75 Å². The Hall–Kier alpha value is -2.78. The number of anilines is 1. The summed E-state index contributed by atoms with van der Waals surface area (Å²) in [5, 5.41) is 3.41. The number of carbonyl (C=O) groups is 2. The molecule has 2 rings (SSSR count). The first-order valence-corrected chi connectivity index (χ1v) is 14.9. The Morgan fingerprint density at radius 2 is 1.82 bits per heavy atom. The first-order chi connectivity index (χ1) is 17.7. The maximum absolute atomic E-state index is 13.6. The van der Waals surface area contributed by atoms with Gasteiger partial charge in [-0.3, -0.25) is 13.9 Å². The molecule has 1 N–H and O–H groups in total. The van der Waals surface area contributed by atoms with Crippen LogP contribution in [0.4, 0.5) is 5.69 Å². The van der Waals surface area contributed by atoms with E-state index < -0.39 is 21.6 Å². The van der Waals surface area contributed by atoms with Crippen LogP contribution in [0.25, 0.3) is 0 Å². The number of aryl methyl sites for hydroxylation is 1. The first-order valence-electron chi connectivity index (χ1n) is 12.6. The Labute approximate surface area is 232 Å². The van der Waals surface area contributed by atoms with Crippen molar-refractivity contribution in [2.24, 2.45) is 0 Å². The Bertz CT molecular complexity index is 1230. The summed E-state index contributed by atoms with van der Waals surface area (Å²) in [5.74, 6) is 0.186. The van der Waals surface area contributed by atoms with Crippen LogP contribution in [0.3, 0.4) is 0 Å². The molecule has 0 heterocycles. The minimum absolute atomic E-state index is 0.0644. The highest BCUT2D eigenvalue weighted by molar-refractivity contribution is 7.92. The number of nitrogens with one attached hydrogen (secondary N) is 1. The molecule has 0 aliphatic rings. The maximum atomic E-state index is 13.6. The average molecular weight is 566 g/mol. The molecule has 8 nitrogen and oxygen atoms in total. The van der Waals surface area contributed by atoms with Gasteiger partial charge in [0.1, 0.15) is 11.8 Å². The minimum atomic E-state index is -3.61. The van der Waals surface area contributed by atoms with Gasteiger partial charge in [-0.15, -0.1) is 0 Å². The third-order valence-electron chi connectivity index (χ3n) is 5.96. The van der Waals surface area contributed by atoms with Crippen molar-refractivity contribution in [2.75, 3.05) is 24.2 Å². The Morgan fingerprint density at radius 3 is 2.39 bits per heavy atom. The van der Waals surface area contributed by atoms with Crippen LogP contribution in [-0.4, -0.2) is 56.6 Å². The summed E-state index contributed by atoms with van der Waals surface area (Å²) >= 11 is 6.13. The lowest BCUT2D eigenvalue weighted by Crippen LogP contribution is -2.53. The fourth-order valence-electron chi connectivity index (χ4n) is 4.17. The average Bonchev–Trinajstić information content (AvgIpc) is 2.81. The van der Waals surface area contributed by atoms with E-state index in [9.17, 15) is 18.0 Å². The fourth-order valence-corrected chi connectivity index (χ4v) is 5.35. The van der Waals surface area contributed by atoms with Gasteiger partial charge in [0, 0.05) is 30.1 Å². The van der Waals surface area contributed by atoms with Gasteiger partial charge < -0.3 is 15.0 Å². The van der Waals surface area contributed by atoms with Gasteiger partial charge in [-0.25, -0.2) is 8.42 Å². The molecule has 0 radical (unpaired) electrons. The summed E-state index contributed by atoms with van der Waals surface area (Å²) in [6, 6.07) is 11.8. The lowest BCUT2D eigenvalue weighted by Gasteiger charge is -2.33. The van der Waals surface area contributed by atoms with Gasteiger partial charge in [0.2, 0.25) is 21.8 Å². The number of methoxy groups -OCH3 is 1. The Balaban J connectivity index is 2.29. The van der Waals surface area contributed by atoms with Gasteiger partial charge in [-0.1, -0.05) is 36.7 Å². The highest BCUT2D eigenvalue weighted by Crippen LogP contribution is 2.27. The second kappa shape index (κ2) is 13.3. The van der Waals surface area contributed by atoms with E-state index in [1.165, 1.54) is 4.31 Å². The van der Waals surface area contributed by atoms with Gasteiger partial charge in [0.25, 0.3) is 0 Å². The quantitative estimate of drug-likeness (QED) is 0.394. The van der Waals surface area contributed by atoms with E-state index in [-0.39, 0.29) is 37.7 Å². The second-order valence-corrected chi connectivity index (χ2v) is 12.7. The summed E-state index contributed by atoms with van der Waals surface area (Å²) in [6.07, 6.45) is 1.89. The number of carbonyl (C=O) groups excluding carboxylic acids is 2. The highest BCUT2D eigenvalue weighted by atomic mass is 35.5. The zero-order chi connectivity index (χ0) is 28.7. The normalized spacial score (nSPS) is 12.5. The van der Waals surface area contributed by atoms with Crippen molar-refractivity contribution in [3.63, 3.8) is 0 Å². The number of sulfonamides is 1. The van der Waals surface area contributed by atoms with E-state index >= 15 is 0 Å². The predicted octanol–water partition coefficient (Wildman–Crippen LogP) is 4.93. The zero-order valence-electron chi connectivity index (χ0n) is 23.4. The first kappa shape index (κ1) is 31.4. The number of rotatable bonds is 12. The SMILES string of the molecule is CC[C@H](C(=O)NC(C)(C)C)N(Cc1cccc(OC)c1)C(=O)CCCN(c1cc(Cl)ccc1C)S(C)(=O)=O. The maximum Gasteiger partial charge on any atom is 0.243 e. The van der Waals surface area contributed by atoms with Gasteiger partial charge in [-0.2, -0.15) is 0 Å². The lowest BCUT2D eigenvalue weighted by molar-refractivity contribution is -0.142. The molecule has 210 valence electrons. The van der Waals surface area contributed by atoms with Gasteiger partial charge in [0.05, 0.1) is 19.1 Å². The zero-order valence-corrected chi connectivity index (χ0v) is 24.9. The molecule has 0 aromatic heterocycles. The van der Waals surface area contributed by atoms with Gasteiger partial charge >= 0.3 is 0 Å². The van der Waals surface area contributed by atoms with E-state index in [0.717, 1.165) is 17.4 Å². The van der Waals surface area contributed by atoms with Crippen LogP contribution in [0.1, 0.15) is 58.1 Å². The van der Waals surface area contributed by atoms with Crippen LogP contribution >= 0.6 is 11.6 Å². The molecule has 10 heteroatoms. The number of hydrogen-bond donors (Lipinski definition) is 1. The molecule has 2 amide bonds. The monoisotopic (exact) mass is 565 g/mol. The molecule has 38 heavy (non-hydrogen) atoms. The van der Waals surface area contributed by atoms with Crippen molar-refractivity contribution >= 4 is 39.1 Å². The number of amides is 2. The molecule has 2 aromatic carbocycles. The van der Waals surface area contributed by atoms with Crippen molar-refractivity contribution in [1.82, 2.24) is 10.2 Å². The van der Waals surface area contributed by atoms with Crippen LogP contribution < -0.4 is 14.4 Å². The van der Waals surface area contributed by atoms with Crippen LogP contribution in [0.15, 0.2) is 42.5 Å². The molecule has 0 saturated carbocycles. The summed E-state index contributed by atoms with van der Waals surface area (Å²) < 4.78 is 31.8. The van der Waals surface area contributed by atoms with Crippen molar-refractivity contribution in [1.29, 1.82) is 0 Å². The number of benzene rings is 2. The largest absolute Gasteiger partial charge is 0.497 e. The number of ether oxygens (including phenoxy) is 1. The number of nitrogens with zero attached hydrogens (tertiary/aromatic N) is 2. The van der Waals surface area contributed by atoms with E-state index in [1.54, 1.807) is 30.2 Å². The number of halogens is 1. The van der Waals surface area contributed by atoms with Crippen LogP contribution in [0.2, 0.25) is 5.02 Å². The standard InChI is InChI=1S/C28H40ClN3O5S/c1-8-24(27(34)30-28(3,4)5)31(19-21-11-9-12-23(17-21)37-6)26(33)13-10-16-32(38(7,35)36)25-18-22(29)15-14-20(25)2/h9,11-12,14-15,17-18,24H,8,10,13,16,19H2,1-7H3,(H,30,34)/t24-/m1/s1. The Kier molecular flexibility index (Phi) is 11.0. The summed E-state index contributed by atoms with van der Waals surface area (Å²) in [5.41, 5.74) is 1.61. The third kappa shape index (κ3) is 9.20. The molecule has 1 atom stereocenters. The molecular formula is C28H40ClN3O5S. The molecular weight excluding hydrogens is 526 g/mol. The van der Waals surface area contributed by atoms with Crippen LogP contribution in [0, 0.1) is 6.92 Å². The summed E-state index contributed by atoms with van der Waals surface area (Å²) in [7, 11) is -2.04. The minimum Gasteiger partial charge on any atom is -0.497 e. The van der Waals surface area contributed by atoms with Crippen molar-refractivity contribution in [2.45, 2.75) is 72.0 Å². The molecule has 0 bridgehead atoms. The molecule has 0 unspecified atom stereocenters. The topological polar surface area (TPSA) is 96.0 Å². The molecule has 0 fully saturated rings. The van der Waals surface area contributed by atoms with E-state index in [2.05, 4.69) is 5.32 Å². The van der Waals surface area contributed by atoms with Crippen molar-refractivity contribution in [3.05, 3.63) is 58.6 Å². The third-order valence-corrected chi connectivity index (χ3v) is 7.38. The van der Waals surface area contributed by atoms with E-state index in [4.69, 9.17) is 16.3 Å². The highest BCUT2D eigenvalue weighted by Gasteiger charge is 2.31. The van der Waals surface area contributed by atoms with E-state index in [0.29, 0.717) is 22.9 Å². The van der Waals surface area contributed by atoms with Crippen molar-refractivity contribution < 1.29 is 22.7 Å². The lowest BCUT2D eigenvalue weighted by atomic mass is 10.0. The number of hydrogen-bond acceptors (Lipinski definition) is 5. The Morgan fingerprint density at radius 1 is 1.13 bits per heavy atom. The van der Waals surface area contributed by atoms with Gasteiger partial charge in [-0.05, 0) is 75.9 Å². The fraction of sp³-hybridized carbons (Fsp3) is 0.500. The predicted molar refractivity (Wildman–Crippen MR) is 153 cm³/mol. The molecule has 0 aliphatic heterocycles. The molecule has 2 aromatic rings.